The molecule has 5 nitrogen and oxygen atoms in total. The van der Waals surface area contributed by atoms with Gasteiger partial charge in [0.1, 0.15) is 5.82 Å². The van der Waals surface area contributed by atoms with E-state index in [9.17, 15) is 4.79 Å². The van der Waals surface area contributed by atoms with E-state index in [0.29, 0.717) is 6.54 Å². The maximum absolute atomic E-state index is 11.1. The first-order chi connectivity index (χ1) is 6.24. The average Bonchev–Trinajstić information content (AvgIpc) is 2.09. The van der Waals surface area contributed by atoms with Crippen LogP contribution in [0.15, 0.2) is 29.2 Å². The van der Waals surface area contributed by atoms with E-state index in [-0.39, 0.29) is 18.1 Å². The van der Waals surface area contributed by atoms with E-state index in [1.165, 1.54) is 4.57 Å². The molecule has 1 aromatic rings. The molecule has 0 radical (unpaired) electrons. The van der Waals surface area contributed by atoms with Crippen molar-refractivity contribution in [3.05, 3.63) is 34.9 Å². The lowest BCUT2D eigenvalue weighted by Crippen LogP contribution is -2.22. The van der Waals surface area contributed by atoms with Gasteiger partial charge in [0, 0.05) is 12.7 Å². The van der Waals surface area contributed by atoms with Crippen LogP contribution in [0, 0.1) is 0 Å². The number of anilines is 1. The molecule has 0 aliphatic rings. The number of nitrogen functional groups attached to an aromatic ring is 1. The van der Waals surface area contributed by atoms with Gasteiger partial charge in [0.05, 0.1) is 6.61 Å². The first-order valence-electron chi connectivity index (χ1n) is 3.83. The van der Waals surface area contributed by atoms with Crippen molar-refractivity contribution < 1.29 is 5.11 Å². The van der Waals surface area contributed by atoms with Gasteiger partial charge in [0.25, 0.3) is 0 Å². The Labute approximate surface area is 75.1 Å². The number of allylic oxidation sites excluding steroid dienone is 1. The Balaban J connectivity index is 2.78. The van der Waals surface area contributed by atoms with Crippen molar-refractivity contribution in [2.45, 2.75) is 6.54 Å². The summed E-state index contributed by atoms with van der Waals surface area (Å²) >= 11 is 0. The monoisotopic (exact) mass is 181 g/mol. The molecule has 0 bridgehead atoms. The number of hydrogen-bond donors (Lipinski definition) is 2. The van der Waals surface area contributed by atoms with E-state index in [2.05, 4.69) is 4.98 Å². The molecule has 3 N–H and O–H groups in total. The smallest absolute Gasteiger partial charge is 0.349 e. The highest BCUT2D eigenvalue weighted by atomic mass is 16.2. The zero-order valence-electron chi connectivity index (χ0n) is 7.05. The minimum absolute atomic E-state index is 0.0306. The molecule has 1 rings (SSSR count). The summed E-state index contributed by atoms with van der Waals surface area (Å²) in [6.45, 7) is 0.365. The van der Waals surface area contributed by atoms with Crippen molar-refractivity contribution in [3.8, 4) is 0 Å². The van der Waals surface area contributed by atoms with Crippen LogP contribution in [0.1, 0.15) is 0 Å². The Morgan fingerprint density at radius 2 is 2.38 bits per heavy atom. The van der Waals surface area contributed by atoms with E-state index in [1.54, 1.807) is 24.4 Å². The maximum atomic E-state index is 11.1. The van der Waals surface area contributed by atoms with Crippen LogP contribution in [0.4, 0.5) is 5.82 Å². The molecule has 0 aliphatic heterocycles. The summed E-state index contributed by atoms with van der Waals surface area (Å²) in [4.78, 5) is 14.7. The third-order valence-corrected chi connectivity index (χ3v) is 1.47. The first-order valence-corrected chi connectivity index (χ1v) is 3.83. The molecular formula is C8H11N3O2. The van der Waals surface area contributed by atoms with E-state index in [0.717, 1.165) is 0 Å². The minimum Gasteiger partial charge on any atom is -0.392 e. The lowest BCUT2D eigenvalue weighted by Gasteiger charge is -1.99. The molecular weight excluding hydrogens is 170 g/mol. The van der Waals surface area contributed by atoms with Crippen molar-refractivity contribution in [1.29, 1.82) is 0 Å². The molecule has 1 heterocycles. The fraction of sp³-hybridized carbons (Fsp3) is 0.250. The fourth-order valence-electron chi connectivity index (χ4n) is 0.844. The van der Waals surface area contributed by atoms with Crippen molar-refractivity contribution in [2.75, 3.05) is 12.3 Å². The quantitative estimate of drug-likeness (QED) is 0.608. The van der Waals surface area contributed by atoms with Gasteiger partial charge in [-0.25, -0.2) is 4.79 Å². The van der Waals surface area contributed by atoms with E-state index in [1.807, 2.05) is 0 Å². The minimum atomic E-state index is -0.386. The summed E-state index contributed by atoms with van der Waals surface area (Å²) < 4.78 is 1.39. The van der Waals surface area contributed by atoms with Crippen LogP contribution < -0.4 is 11.4 Å². The topological polar surface area (TPSA) is 81.1 Å². The summed E-state index contributed by atoms with van der Waals surface area (Å²) in [5, 5.41) is 8.45. The van der Waals surface area contributed by atoms with Gasteiger partial charge in [-0.3, -0.25) is 4.57 Å². The van der Waals surface area contributed by atoms with Gasteiger partial charge in [-0.05, 0) is 6.07 Å². The number of aromatic nitrogens is 2. The normalized spacial score (nSPS) is 10.8. The summed E-state index contributed by atoms with van der Waals surface area (Å²) in [5.41, 5.74) is 4.91. The van der Waals surface area contributed by atoms with Crippen LogP contribution in [0.3, 0.4) is 0 Å². The molecule has 70 valence electrons. The third-order valence-electron chi connectivity index (χ3n) is 1.47. The van der Waals surface area contributed by atoms with Crippen LogP contribution in [0.25, 0.3) is 0 Å². The Bertz CT molecular complexity index is 357. The van der Waals surface area contributed by atoms with Crippen molar-refractivity contribution in [1.82, 2.24) is 9.55 Å². The van der Waals surface area contributed by atoms with E-state index >= 15 is 0 Å². The second-order valence-corrected chi connectivity index (χ2v) is 2.44. The number of nitrogens with two attached hydrogens (primary N) is 1. The Morgan fingerprint density at radius 1 is 1.62 bits per heavy atom. The predicted molar refractivity (Wildman–Crippen MR) is 49.1 cm³/mol. The molecule has 0 aromatic carbocycles. The summed E-state index contributed by atoms with van der Waals surface area (Å²) in [6, 6.07) is 1.55. The SMILES string of the molecule is Nc1ccn(C/C=C/CO)c(=O)n1. The maximum Gasteiger partial charge on any atom is 0.349 e. The van der Waals surface area contributed by atoms with Gasteiger partial charge in [-0.15, -0.1) is 0 Å². The van der Waals surface area contributed by atoms with Crippen LogP contribution in [-0.4, -0.2) is 21.3 Å². The van der Waals surface area contributed by atoms with Gasteiger partial charge < -0.3 is 10.8 Å². The Kier molecular flexibility index (Phi) is 3.22. The van der Waals surface area contributed by atoms with Gasteiger partial charge in [-0.2, -0.15) is 4.98 Å². The number of aliphatic hydroxyl groups is 1. The van der Waals surface area contributed by atoms with Crippen molar-refractivity contribution >= 4 is 5.82 Å². The molecule has 0 amide bonds. The molecule has 0 saturated heterocycles. The van der Waals surface area contributed by atoms with Crippen molar-refractivity contribution in [2.24, 2.45) is 0 Å². The highest BCUT2D eigenvalue weighted by Crippen LogP contribution is 1.89. The fourth-order valence-corrected chi connectivity index (χ4v) is 0.844. The number of aliphatic hydroxyl groups excluding tert-OH is 1. The standard InChI is InChI=1S/C8H11N3O2/c9-7-3-5-11(8(13)10-7)4-1-2-6-12/h1-3,5,12H,4,6H2,(H2,9,10,13)/b2-1+. The van der Waals surface area contributed by atoms with E-state index < -0.39 is 0 Å². The lowest BCUT2D eigenvalue weighted by molar-refractivity contribution is 0.342. The highest BCUT2D eigenvalue weighted by Gasteiger charge is 1.93. The second-order valence-electron chi connectivity index (χ2n) is 2.44. The average molecular weight is 181 g/mol. The first kappa shape index (κ1) is 9.47. The summed E-state index contributed by atoms with van der Waals surface area (Å²) in [7, 11) is 0. The van der Waals surface area contributed by atoms with Crippen molar-refractivity contribution in [3.63, 3.8) is 0 Å². The zero-order chi connectivity index (χ0) is 9.68. The molecule has 0 aliphatic carbocycles. The number of hydrogen-bond acceptors (Lipinski definition) is 4. The molecule has 0 atom stereocenters. The number of nitrogens with zero attached hydrogens (tertiary/aromatic N) is 2. The molecule has 0 fully saturated rings. The lowest BCUT2D eigenvalue weighted by atomic mass is 10.5. The molecule has 0 saturated carbocycles. The molecule has 13 heavy (non-hydrogen) atoms. The van der Waals surface area contributed by atoms with Crippen LogP contribution in [-0.2, 0) is 6.54 Å². The Hall–Kier alpha value is -1.62. The highest BCUT2D eigenvalue weighted by molar-refractivity contribution is 5.23. The van der Waals surface area contributed by atoms with Gasteiger partial charge in [0.15, 0.2) is 0 Å². The van der Waals surface area contributed by atoms with Gasteiger partial charge in [-0.1, -0.05) is 12.2 Å². The van der Waals surface area contributed by atoms with Crippen LogP contribution >= 0.6 is 0 Å². The number of rotatable bonds is 3. The molecule has 5 heteroatoms. The summed E-state index contributed by atoms with van der Waals surface area (Å²) in [5.74, 6) is 0.215. The van der Waals surface area contributed by atoms with Gasteiger partial charge in [0.2, 0.25) is 0 Å². The van der Waals surface area contributed by atoms with E-state index in [4.69, 9.17) is 10.8 Å². The summed E-state index contributed by atoms with van der Waals surface area (Å²) in [6.07, 6.45) is 4.80. The van der Waals surface area contributed by atoms with Gasteiger partial charge >= 0.3 is 5.69 Å². The predicted octanol–water partition coefficient (Wildman–Crippen LogP) is -0.626. The molecule has 1 aromatic heterocycles. The molecule has 0 spiro atoms. The zero-order valence-corrected chi connectivity index (χ0v) is 7.05. The van der Waals surface area contributed by atoms with Crippen LogP contribution in [0.2, 0.25) is 0 Å². The van der Waals surface area contributed by atoms with Crippen LogP contribution in [0.5, 0.6) is 0 Å². The second kappa shape index (κ2) is 4.42. The largest absolute Gasteiger partial charge is 0.392 e. The third kappa shape index (κ3) is 2.72. The molecule has 0 unspecified atom stereocenters. The Morgan fingerprint density at radius 3 is 3.00 bits per heavy atom.